The van der Waals surface area contributed by atoms with Crippen LogP contribution in [0.4, 0.5) is 5.82 Å². The summed E-state index contributed by atoms with van der Waals surface area (Å²) in [5.74, 6) is 0.680. The van der Waals surface area contributed by atoms with Crippen LogP contribution in [-0.4, -0.2) is 32.8 Å². The van der Waals surface area contributed by atoms with E-state index >= 15 is 0 Å². The molecule has 0 unspecified atom stereocenters. The van der Waals surface area contributed by atoms with Crippen molar-refractivity contribution in [1.82, 2.24) is 19.9 Å². The summed E-state index contributed by atoms with van der Waals surface area (Å²) in [7, 11) is 0. The number of fused-ring (bicyclic) bond motifs is 2. The van der Waals surface area contributed by atoms with Gasteiger partial charge in [-0.3, -0.25) is 4.79 Å². The Kier molecular flexibility index (Phi) is 4.60. The lowest BCUT2D eigenvalue weighted by Crippen LogP contribution is -2.02. The summed E-state index contributed by atoms with van der Waals surface area (Å²) >= 11 is 3.05. The van der Waals surface area contributed by atoms with Crippen molar-refractivity contribution in [3.05, 3.63) is 35.5 Å². The normalized spacial score (nSPS) is 11.3. The molecule has 3 aromatic heterocycles. The number of nitrogens with one attached hydrogen (secondary N) is 2. The first-order chi connectivity index (χ1) is 12.7. The first kappa shape index (κ1) is 17.0. The van der Waals surface area contributed by atoms with Crippen LogP contribution in [0.25, 0.3) is 21.3 Å². The second-order valence-electron chi connectivity index (χ2n) is 5.65. The molecule has 0 amide bonds. The molecule has 0 aliphatic rings. The zero-order valence-electron chi connectivity index (χ0n) is 14.4. The highest BCUT2D eigenvalue weighted by Gasteiger charge is 2.18. The number of aldehydes is 1. The second kappa shape index (κ2) is 7.05. The Morgan fingerprint density at radius 3 is 2.81 bits per heavy atom. The third kappa shape index (κ3) is 2.95. The number of aryl methyl sites for hydroxylation is 1. The highest BCUT2D eigenvalue weighted by molar-refractivity contribution is 8.01. The van der Waals surface area contributed by atoms with Crippen LogP contribution in [0.1, 0.15) is 29.9 Å². The van der Waals surface area contributed by atoms with Crippen LogP contribution >= 0.6 is 23.1 Å². The zero-order valence-corrected chi connectivity index (χ0v) is 16.0. The number of benzene rings is 1. The number of carbonyl (C=O) groups is 1. The number of aromatic nitrogens is 4. The Morgan fingerprint density at radius 2 is 2.08 bits per heavy atom. The quantitative estimate of drug-likeness (QED) is 0.376. The summed E-state index contributed by atoms with van der Waals surface area (Å²) in [6, 6.07) is 8.04. The molecule has 6 nitrogen and oxygen atoms in total. The number of hydrogen-bond acceptors (Lipinski definition) is 7. The minimum absolute atomic E-state index is 0.605. The molecule has 132 valence electrons. The smallest absolute Gasteiger partial charge is 0.198 e. The molecule has 4 rings (SSSR count). The SMILES string of the molecule is CCNc1nc(Sc2nc3ccccc3s2)nc2[nH]c(CC)c(C=O)c12. The lowest BCUT2D eigenvalue weighted by Gasteiger charge is -2.06. The topological polar surface area (TPSA) is 83.6 Å². The first-order valence-electron chi connectivity index (χ1n) is 8.38. The molecular weight excluding hydrogens is 366 g/mol. The molecule has 26 heavy (non-hydrogen) atoms. The van der Waals surface area contributed by atoms with Crippen LogP contribution in [0.5, 0.6) is 0 Å². The number of carbonyl (C=O) groups excluding carboxylic acids is 1. The van der Waals surface area contributed by atoms with Crippen molar-refractivity contribution in [1.29, 1.82) is 0 Å². The zero-order chi connectivity index (χ0) is 18.1. The molecule has 2 N–H and O–H groups in total. The predicted octanol–water partition coefficient (Wildman–Crippen LogP) is 4.53. The Hall–Kier alpha value is -2.45. The van der Waals surface area contributed by atoms with Gasteiger partial charge in [-0.1, -0.05) is 19.1 Å². The molecule has 4 aromatic rings. The van der Waals surface area contributed by atoms with E-state index in [0.717, 1.165) is 38.3 Å². The van der Waals surface area contributed by atoms with Crippen molar-refractivity contribution in [2.45, 2.75) is 29.8 Å². The molecule has 0 aliphatic heterocycles. The van der Waals surface area contributed by atoms with Gasteiger partial charge in [-0.2, -0.15) is 0 Å². The van der Waals surface area contributed by atoms with Gasteiger partial charge in [-0.25, -0.2) is 15.0 Å². The van der Waals surface area contributed by atoms with Crippen molar-refractivity contribution in [2.75, 3.05) is 11.9 Å². The Bertz CT molecular complexity index is 1070. The Morgan fingerprint density at radius 1 is 1.23 bits per heavy atom. The Labute approximate surface area is 158 Å². The van der Waals surface area contributed by atoms with Gasteiger partial charge in [0, 0.05) is 17.8 Å². The average Bonchev–Trinajstić information content (AvgIpc) is 3.21. The monoisotopic (exact) mass is 383 g/mol. The average molecular weight is 384 g/mol. The molecule has 0 atom stereocenters. The molecule has 1 aromatic carbocycles. The molecule has 0 fully saturated rings. The van der Waals surface area contributed by atoms with Gasteiger partial charge in [0.25, 0.3) is 0 Å². The van der Waals surface area contributed by atoms with Gasteiger partial charge in [-0.05, 0) is 37.2 Å². The van der Waals surface area contributed by atoms with Gasteiger partial charge in [0.05, 0.1) is 15.6 Å². The van der Waals surface area contributed by atoms with Crippen LogP contribution in [-0.2, 0) is 6.42 Å². The summed E-state index contributed by atoms with van der Waals surface area (Å²) in [6.45, 7) is 4.72. The minimum atomic E-state index is 0.605. The third-order valence-corrected chi connectivity index (χ3v) is 5.98. The van der Waals surface area contributed by atoms with Crippen LogP contribution in [0, 0.1) is 0 Å². The second-order valence-corrected chi connectivity index (χ2v) is 7.89. The maximum absolute atomic E-state index is 11.6. The highest BCUT2D eigenvalue weighted by atomic mass is 32.2. The Balaban J connectivity index is 1.80. The number of thiazole rings is 1. The van der Waals surface area contributed by atoms with Crippen molar-refractivity contribution >= 4 is 56.5 Å². The molecule has 0 radical (unpaired) electrons. The number of rotatable bonds is 6. The van der Waals surface area contributed by atoms with Crippen molar-refractivity contribution in [3.8, 4) is 0 Å². The fourth-order valence-electron chi connectivity index (χ4n) is 2.87. The number of nitrogens with zero attached hydrogens (tertiary/aromatic N) is 3. The number of para-hydroxylation sites is 1. The summed E-state index contributed by atoms with van der Waals surface area (Å²) in [6.07, 6.45) is 1.61. The first-order valence-corrected chi connectivity index (χ1v) is 10.0. The van der Waals surface area contributed by atoms with Crippen LogP contribution in [0.2, 0.25) is 0 Å². The standard InChI is InChI=1S/C18H17N5OS2/c1-3-11-10(9-24)14-15(19-4-2)22-17(23-16(14)20-11)26-18-21-12-7-5-6-8-13(12)25-18/h5-9H,3-4H2,1-2H3,(H2,19,20,22,23). The van der Waals surface area contributed by atoms with Gasteiger partial charge in [0.2, 0.25) is 0 Å². The van der Waals surface area contributed by atoms with E-state index in [4.69, 9.17) is 0 Å². The molecular formula is C18H17N5OS2. The summed E-state index contributed by atoms with van der Waals surface area (Å²) in [5.41, 5.74) is 3.17. The number of hydrogen-bond donors (Lipinski definition) is 2. The fourth-order valence-corrected chi connectivity index (χ4v) is 4.80. The third-order valence-electron chi connectivity index (χ3n) is 4.02. The summed E-state index contributed by atoms with van der Waals surface area (Å²) in [4.78, 5) is 28.7. The van der Waals surface area contributed by atoms with Crippen molar-refractivity contribution < 1.29 is 4.79 Å². The van der Waals surface area contributed by atoms with E-state index in [-0.39, 0.29) is 0 Å². The minimum Gasteiger partial charge on any atom is -0.370 e. The molecule has 0 bridgehead atoms. The van der Waals surface area contributed by atoms with E-state index in [0.29, 0.717) is 28.7 Å². The van der Waals surface area contributed by atoms with E-state index in [9.17, 15) is 4.79 Å². The lowest BCUT2D eigenvalue weighted by molar-refractivity contribution is 0.112. The molecule has 0 spiro atoms. The number of H-pyrrole nitrogens is 1. The maximum atomic E-state index is 11.6. The van der Waals surface area contributed by atoms with Crippen LogP contribution in [0.15, 0.2) is 33.8 Å². The molecule has 0 saturated carbocycles. The predicted molar refractivity (Wildman–Crippen MR) is 107 cm³/mol. The van der Waals surface area contributed by atoms with Crippen LogP contribution < -0.4 is 5.32 Å². The molecule has 3 heterocycles. The van der Waals surface area contributed by atoms with Gasteiger partial charge in [0.15, 0.2) is 15.8 Å². The van der Waals surface area contributed by atoms with E-state index in [2.05, 4.69) is 31.3 Å². The van der Waals surface area contributed by atoms with E-state index in [1.165, 1.54) is 11.8 Å². The van der Waals surface area contributed by atoms with Gasteiger partial charge < -0.3 is 10.3 Å². The number of anilines is 1. The molecule has 0 aliphatic carbocycles. The van der Waals surface area contributed by atoms with Crippen molar-refractivity contribution in [2.24, 2.45) is 0 Å². The van der Waals surface area contributed by atoms with Gasteiger partial charge in [-0.15, -0.1) is 11.3 Å². The van der Waals surface area contributed by atoms with Gasteiger partial charge in [0.1, 0.15) is 11.5 Å². The fraction of sp³-hybridized carbons (Fsp3) is 0.222. The van der Waals surface area contributed by atoms with Crippen LogP contribution in [0.3, 0.4) is 0 Å². The van der Waals surface area contributed by atoms with E-state index in [1.54, 1.807) is 11.3 Å². The lowest BCUT2D eigenvalue weighted by atomic mass is 10.1. The molecule has 0 saturated heterocycles. The molecule has 8 heteroatoms. The highest BCUT2D eigenvalue weighted by Crippen LogP contribution is 2.35. The van der Waals surface area contributed by atoms with E-state index < -0.39 is 0 Å². The number of aromatic amines is 1. The van der Waals surface area contributed by atoms with Gasteiger partial charge >= 0.3 is 0 Å². The largest absolute Gasteiger partial charge is 0.370 e. The van der Waals surface area contributed by atoms with E-state index in [1.807, 2.05) is 32.0 Å². The maximum Gasteiger partial charge on any atom is 0.198 e. The summed E-state index contributed by atoms with van der Waals surface area (Å²) in [5, 5.41) is 4.62. The summed E-state index contributed by atoms with van der Waals surface area (Å²) < 4.78 is 2.03. The van der Waals surface area contributed by atoms with Crippen molar-refractivity contribution in [3.63, 3.8) is 0 Å².